The summed E-state index contributed by atoms with van der Waals surface area (Å²) in [5.41, 5.74) is 1.21. The Morgan fingerprint density at radius 2 is 1.49 bits per heavy atom. The van der Waals surface area contributed by atoms with Gasteiger partial charge in [-0.05, 0) is 80.9 Å². The van der Waals surface area contributed by atoms with E-state index in [9.17, 15) is 34.1 Å². The Labute approximate surface area is 324 Å². The molecule has 0 bridgehead atoms. The van der Waals surface area contributed by atoms with E-state index in [0.717, 1.165) is 11.3 Å². The second-order valence-corrected chi connectivity index (χ2v) is 14.2. The zero-order valence-corrected chi connectivity index (χ0v) is 31.4. The van der Waals surface area contributed by atoms with E-state index in [0.29, 0.717) is 21.8 Å². The Balaban J connectivity index is 1.33. The Bertz CT molecular complexity index is 2280. The second-order valence-electron chi connectivity index (χ2n) is 11.7. The molecule has 15 heteroatoms. The van der Waals surface area contributed by atoms with E-state index in [-0.39, 0.29) is 44.6 Å². The number of nitrogens with one attached hydrogen (secondary N) is 4. The number of para-hydroxylation sites is 2. The maximum atomic E-state index is 13.6. The summed E-state index contributed by atoms with van der Waals surface area (Å²) in [5.74, 6) is -2.92. The lowest BCUT2D eigenvalue weighted by molar-refractivity contribution is -0.385. The summed E-state index contributed by atoms with van der Waals surface area (Å²) in [6.45, 7) is 5.02. The van der Waals surface area contributed by atoms with Gasteiger partial charge in [-0.1, -0.05) is 54.6 Å². The molecule has 13 nitrogen and oxygen atoms in total. The minimum Gasteiger partial charge on any atom is -0.462 e. The summed E-state index contributed by atoms with van der Waals surface area (Å²) in [5, 5.41) is 22.0. The standard InChI is InChI=1S/C40H35N5O8S2/c1-4-53-40(50)33-24(2)34(38(49)41-28-17-9-6-10-18-28)55-39(33)44-35(46)25(3)54-30-20-13-19-29(23-30)42-37(48)31(43-36(47)26-14-7-5-8-15-26)22-27-16-11-12-21-32(27)45(51)52/h5-23,25H,4H2,1-3H3,(H,41,49)(H,42,48)(H,43,47)(H,44,46)/b31-22+. The molecule has 0 radical (unpaired) electrons. The molecule has 0 spiro atoms. The van der Waals surface area contributed by atoms with E-state index in [1.54, 1.807) is 106 Å². The number of rotatable bonds is 14. The van der Waals surface area contributed by atoms with E-state index in [2.05, 4.69) is 21.3 Å². The fourth-order valence-corrected chi connectivity index (χ4v) is 7.19. The van der Waals surface area contributed by atoms with E-state index in [1.165, 1.54) is 36.0 Å². The van der Waals surface area contributed by atoms with Crippen LogP contribution in [-0.2, 0) is 14.3 Å². The van der Waals surface area contributed by atoms with Crippen molar-refractivity contribution in [2.45, 2.75) is 30.9 Å². The molecule has 1 aromatic heterocycles. The number of thioether (sulfide) groups is 1. The first-order valence-corrected chi connectivity index (χ1v) is 18.5. The first-order valence-electron chi connectivity index (χ1n) is 16.8. The molecule has 0 saturated heterocycles. The molecular formula is C40H35N5O8S2. The van der Waals surface area contributed by atoms with Crippen LogP contribution in [0.2, 0.25) is 0 Å². The van der Waals surface area contributed by atoms with Gasteiger partial charge in [-0.3, -0.25) is 29.3 Å². The number of anilines is 3. The molecule has 5 aromatic rings. The van der Waals surface area contributed by atoms with Crippen molar-refractivity contribution < 1.29 is 33.6 Å². The van der Waals surface area contributed by atoms with Gasteiger partial charge < -0.3 is 26.0 Å². The van der Waals surface area contributed by atoms with Crippen molar-refractivity contribution in [3.63, 3.8) is 0 Å². The summed E-state index contributed by atoms with van der Waals surface area (Å²) in [6.07, 6.45) is 1.23. The zero-order valence-electron chi connectivity index (χ0n) is 29.8. The van der Waals surface area contributed by atoms with E-state index >= 15 is 0 Å². The van der Waals surface area contributed by atoms with Crippen LogP contribution in [0.15, 0.2) is 120 Å². The molecule has 4 amide bonds. The fraction of sp³-hybridized carbons (Fsp3) is 0.125. The molecule has 1 atom stereocenters. The van der Waals surface area contributed by atoms with Crippen LogP contribution < -0.4 is 21.3 Å². The number of esters is 1. The van der Waals surface area contributed by atoms with Crippen LogP contribution >= 0.6 is 23.1 Å². The summed E-state index contributed by atoms with van der Waals surface area (Å²) in [7, 11) is 0. The van der Waals surface area contributed by atoms with Gasteiger partial charge in [0, 0.05) is 27.9 Å². The number of nitro groups is 1. The van der Waals surface area contributed by atoms with Crippen LogP contribution in [0.25, 0.3) is 6.08 Å². The van der Waals surface area contributed by atoms with Gasteiger partial charge in [0.2, 0.25) is 5.91 Å². The molecule has 0 fully saturated rings. The van der Waals surface area contributed by atoms with Crippen LogP contribution in [0.1, 0.15) is 55.4 Å². The molecule has 0 saturated carbocycles. The molecule has 0 aliphatic heterocycles. The van der Waals surface area contributed by atoms with Crippen LogP contribution in [0, 0.1) is 17.0 Å². The van der Waals surface area contributed by atoms with Crippen molar-refractivity contribution in [2.24, 2.45) is 0 Å². The van der Waals surface area contributed by atoms with Gasteiger partial charge in [-0.2, -0.15) is 0 Å². The van der Waals surface area contributed by atoms with E-state index in [4.69, 9.17) is 4.74 Å². The first-order chi connectivity index (χ1) is 26.4. The van der Waals surface area contributed by atoms with Gasteiger partial charge in [-0.25, -0.2) is 4.79 Å². The quantitative estimate of drug-likeness (QED) is 0.0286. The molecule has 0 aliphatic carbocycles. The summed E-state index contributed by atoms with van der Waals surface area (Å²) in [4.78, 5) is 78.3. The number of amides is 4. The van der Waals surface area contributed by atoms with Gasteiger partial charge in [0.25, 0.3) is 23.4 Å². The highest BCUT2D eigenvalue weighted by atomic mass is 32.2. The van der Waals surface area contributed by atoms with Crippen LogP contribution in [0.5, 0.6) is 0 Å². The molecule has 4 N–H and O–H groups in total. The zero-order chi connectivity index (χ0) is 39.5. The largest absolute Gasteiger partial charge is 0.462 e. The number of thiophene rings is 1. The number of hydrogen-bond donors (Lipinski definition) is 4. The maximum Gasteiger partial charge on any atom is 0.341 e. The normalized spacial score (nSPS) is 11.5. The summed E-state index contributed by atoms with van der Waals surface area (Å²) < 4.78 is 5.24. The topological polar surface area (TPSA) is 186 Å². The van der Waals surface area contributed by atoms with Crippen molar-refractivity contribution in [1.29, 1.82) is 0 Å². The lowest BCUT2D eigenvalue weighted by Gasteiger charge is -2.14. The van der Waals surface area contributed by atoms with E-state index < -0.39 is 39.8 Å². The highest BCUT2D eigenvalue weighted by Gasteiger charge is 2.28. The molecule has 5 rings (SSSR count). The number of carbonyl (C=O) groups excluding carboxylic acids is 5. The highest BCUT2D eigenvalue weighted by Crippen LogP contribution is 2.36. The van der Waals surface area contributed by atoms with Gasteiger partial charge in [0.1, 0.15) is 10.7 Å². The number of ether oxygens (including phenoxy) is 1. The van der Waals surface area contributed by atoms with Gasteiger partial charge in [0.15, 0.2) is 0 Å². The van der Waals surface area contributed by atoms with Crippen LogP contribution in [-0.4, -0.2) is 46.4 Å². The number of carbonyl (C=O) groups is 5. The fourth-order valence-electron chi connectivity index (χ4n) is 5.17. The lowest BCUT2D eigenvalue weighted by Crippen LogP contribution is -2.30. The Hall–Kier alpha value is -6.58. The molecule has 0 aliphatic rings. The molecule has 4 aromatic carbocycles. The third-order valence-corrected chi connectivity index (χ3v) is 10.1. The number of hydrogen-bond acceptors (Lipinski definition) is 10. The van der Waals surface area contributed by atoms with Gasteiger partial charge in [-0.15, -0.1) is 23.1 Å². The summed E-state index contributed by atoms with van der Waals surface area (Å²) >= 11 is 2.13. The summed E-state index contributed by atoms with van der Waals surface area (Å²) in [6, 6.07) is 29.4. The average molecular weight is 778 g/mol. The molecule has 1 unspecified atom stereocenters. The molecular weight excluding hydrogens is 743 g/mol. The van der Waals surface area contributed by atoms with Gasteiger partial charge in [0.05, 0.1) is 32.8 Å². The Morgan fingerprint density at radius 1 is 0.836 bits per heavy atom. The third-order valence-electron chi connectivity index (χ3n) is 7.84. The predicted octanol–water partition coefficient (Wildman–Crippen LogP) is 7.92. The minimum absolute atomic E-state index is 0.0874. The van der Waals surface area contributed by atoms with E-state index in [1.807, 2.05) is 6.07 Å². The van der Waals surface area contributed by atoms with Crippen LogP contribution in [0.4, 0.5) is 22.1 Å². The average Bonchev–Trinajstić information content (AvgIpc) is 3.50. The number of nitro benzene ring substituents is 1. The first kappa shape index (κ1) is 39.6. The molecule has 280 valence electrons. The van der Waals surface area contributed by atoms with Crippen molar-refractivity contribution in [1.82, 2.24) is 5.32 Å². The second kappa shape index (κ2) is 18.4. The van der Waals surface area contributed by atoms with Crippen LogP contribution in [0.3, 0.4) is 0 Å². The van der Waals surface area contributed by atoms with Crippen molar-refractivity contribution >= 4 is 80.8 Å². The molecule has 55 heavy (non-hydrogen) atoms. The Morgan fingerprint density at radius 3 is 2.18 bits per heavy atom. The highest BCUT2D eigenvalue weighted by molar-refractivity contribution is 8.00. The Kier molecular flexibility index (Phi) is 13.3. The SMILES string of the molecule is CCOC(=O)c1c(NC(=O)C(C)Sc2cccc(NC(=O)/C(=C\c3ccccc3[N+](=O)[O-])NC(=O)c3ccccc3)c2)sc(C(=O)Nc2ccccc2)c1C. The van der Waals surface area contributed by atoms with Crippen molar-refractivity contribution in [2.75, 3.05) is 22.6 Å². The minimum atomic E-state index is -0.748. The van der Waals surface area contributed by atoms with Gasteiger partial charge >= 0.3 is 5.97 Å². The third kappa shape index (κ3) is 10.3. The monoisotopic (exact) mass is 777 g/mol. The number of benzene rings is 4. The lowest BCUT2D eigenvalue weighted by atomic mass is 10.1. The predicted molar refractivity (Wildman–Crippen MR) is 213 cm³/mol. The number of nitrogens with zero attached hydrogens (tertiary/aromatic N) is 1. The molecule has 1 heterocycles. The smallest absolute Gasteiger partial charge is 0.341 e. The maximum absolute atomic E-state index is 13.6. The van der Waals surface area contributed by atoms with Crippen molar-refractivity contribution in [3.8, 4) is 0 Å². The van der Waals surface area contributed by atoms with Crippen molar-refractivity contribution in [3.05, 3.63) is 152 Å².